The average Bonchev–Trinajstić information content (AvgIpc) is 2.96. The molecule has 1 aliphatic rings. The normalized spacial score (nSPS) is 15.4. The number of ketones is 1. The van der Waals surface area contributed by atoms with Gasteiger partial charge >= 0.3 is 5.97 Å². The summed E-state index contributed by atoms with van der Waals surface area (Å²) < 4.78 is 15.9. The van der Waals surface area contributed by atoms with E-state index in [1.807, 2.05) is 24.3 Å². The van der Waals surface area contributed by atoms with E-state index in [-0.39, 0.29) is 11.5 Å². The first-order chi connectivity index (χ1) is 12.9. The largest absolute Gasteiger partial charge is 0.479 e. The lowest BCUT2D eigenvalue weighted by atomic mass is 10.0. The van der Waals surface area contributed by atoms with Crippen LogP contribution in [-0.2, 0) is 9.53 Å². The number of benzene rings is 2. The Labute approximate surface area is 158 Å². The molecule has 1 atom stereocenters. The van der Waals surface area contributed by atoms with Crippen molar-refractivity contribution in [3.05, 3.63) is 64.9 Å². The fraction of sp³-hybridized carbons (Fsp3) is 0.273. The zero-order chi connectivity index (χ0) is 19.6. The number of fused-ring (bicyclic) bond motifs is 1. The summed E-state index contributed by atoms with van der Waals surface area (Å²) in [6.07, 6.45) is 0.976. The number of carbonyl (C=O) groups is 2. The molecular formula is C22H22O5. The Morgan fingerprint density at radius 3 is 2.41 bits per heavy atom. The third-order valence-electron chi connectivity index (χ3n) is 4.39. The first-order valence-corrected chi connectivity index (χ1v) is 8.81. The van der Waals surface area contributed by atoms with E-state index in [2.05, 4.69) is 18.6 Å². The van der Waals surface area contributed by atoms with Crippen LogP contribution in [0, 0.1) is 0 Å². The van der Waals surface area contributed by atoms with Gasteiger partial charge in [-0.1, -0.05) is 38.1 Å². The molecule has 5 heteroatoms. The van der Waals surface area contributed by atoms with Gasteiger partial charge in [0.25, 0.3) is 0 Å². The first-order valence-electron chi connectivity index (χ1n) is 8.81. The number of carbonyl (C=O) groups excluding carboxylic acids is 2. The minimum Gasteiger partial charge on any atom is -0.479 e. The summed E-state index contributed by atoms with van der Waals surface area (Å²) in [6, 6.07) is 12.9. The second-order valence-electron chi connectivity index (χ2n) is 6.70. The molecule has 140 valence electrons. The predicted octanol–water partition coefficient (Wildman–Crippen LogP) is 4.37. The van der Waals surface area contributed by atoms with Crippen molar-refractivity contribution >= 4 is 17.8 Å². The van der Waals surface area contributed by atoms with Crippen LogP contribution in [0.15, 0.2) is 48.2 Å². The first kappa shape index (κ1) is 18.7. The smallest absolute Gasteiger partial charge is 0.346 e. The molecule has 0 unspecified atom stereocenters. The fourth-order valence-electron chi connectivity index (χ4n) is 2.79. The van der Waals surface area contributed by atoms with Gasteiger partial charge < -0.3 is 14.2 Å². The minimum atomic E-state index is -0.750. The standard InChI is InChI=1S/C22H22O5/c1-13(2)16-7-5-15(6-8-16)11-20-21(23)18-10-9-17(12-19(18)27-20)26-14(3)22(24)25-4/h5-14H,1-4H3/b20-11+/t14-/m0/s1. The van der Waals surface area contributed by atoms with Crippen molar-refractivity contribution in [2.24, 2.45) is 0 Å². The van der Waals surface area contributed by atoms with Gasteiger partial charge in [0.1, 0.15) is 11.5 Å². The number of allylic oxidation sites excluding steroid dienone is 1. The highest BCUT2D eigenvalue weighted by Gasteiger charge is 2.28. The topological polar surface area (TPSA) is 61.8 Å². The number of Topliss-reactive ketones (excluding diaryl/α,β-unsaturated/α-hetero) is 1. The summed E-state index contributed by atoms with van der Waals surface area (Å²) in [5.41, 5.74) is 2.60. The highest BCUT2D eigenvalue weighted by molar-refractivity contribution is 6.14. The molecule has 0 saturated carbocycles. The predicted molar refractivity (Wildman–Crippen MR) is 102 cm³/mol. The maximum atomic E-state index is 12.6. The molecule has 0 fully saturated rings. The Morgan fingerprint density at radius 1 is 1.07 bits per heavy atom. The van der Waals surface area contributed by atoms with Gasteiger partial charge in [-0.2, -0.15) is 0 Å². The van der Waals surface area contributed by atoms with Gasteiger partial charge in [-0.3, -0.25) is 4.79 Å². The number of hydrogen-bond donors (Lipinski definition) is 0. The van der Waals surface area contributed by atoms with Crippen LogP contribution in [0.1, 0.15) is 48.2 Å². The zero-order valence-corrected chi connectivity index (χ0v) is 15.8. The molecule has 0 radical (unpaired) electrons. The van der Waals surface area contributed by atoms with E-state index in [9.17, 15) is 9.59 Å². The highest BCUT2D eigenvalue weighted by Crippen LogP contribution is 2.35. The minimum absolute atomic E-state index is 0.175. The van der Waals surface area contributed by atoms with Crippen LogP contribution >= 0.6 is 0 Å². The molecule has 1 heterocycles. The van der Waals surface area contributed by atoms with E-state index in [0.29, 0.717) is 23.0 Å². The number of ether oxygens (including phenoxy) is 3. The molecular weight excluding hydrogens is 344 g/mol. The van der Waals surface area contributed by atoms with E-state index in [4.69, 9.17) is 9.47 Å². The van der Waals surface area contributed by atoms with E-state index < -0.39 is 12.1 Å². The Bertz CT molecular complexity index is 893. The molecule has 5 nitrogen and oxygen atoms in total. The van der Waals surface area contributed by atoms with Gasteiger partial charge in [0.2, 0.25) is 5.78 Å². The lowest BCUT2D eigenvalue weighted by Crippen LogP contribution is -2.24. The van der Waals surface area contributed by atoms with Crippen LogP contribution in [0.4, 0.5) is 0 Å². The molecule has 0 saturated heterocycles. The zero-order valence-electron chi connectivity index (χ0n) is 15.8. The van der Waals surface area contributed by atoms with E-state index >= 15 is 0 Å². The monoisotopic (exact) mass is 366 g/mol. The van der Waals surface area contributed by atoms with Crippen molar-refractivity contribution in [3.63, 3.8) is 0 Å². The van der Waals surface area contributed by atoms with E-state index in [1.165, 1.54) is 12.7 Å². The van der Waals surface area contributed by atoms with Crippen LogP contribution < -0.4 is 9.47 Å². The lowest BCUT2D eigenvalue weighted by Gasteiger charge is -2.12. The number of rotatable bonds is 5. The third kappa shape index (κ3) is 4.03. The van der Waals surface area contributed by atoms with Crippen molar-refractivity contribution < 1.29 is 23.8 Å². The molecule has 0 aromatic heterocycles. The van der Waals surface area contributed by atoms with Crippen molar-refractivity contribution in [1.29, 1.82) is 0 Å². The van der Waals surface area contributed by atoms with E-state index in [1.54, 1.807) is 31.2 Å². The SMILES string of the molecule is COC(=O)[C@H](C)Oc1ccc2c(c1)O/C(=C/c1ccc(C(C)C)cc1)C2=O. The summed E-state index contributed by atoms with van der Waals surface area (Å²) in [4.78, 5) is 24.0. The summed E-state index contributed by atoms with van der Waals surface area (Å²) in [5.74, 6) is 0.914. The van der Waals surface area contributed by atoms with Crippen LogP contribution in [0.25, 0.3) is 6.08 Å². The van der Waals surface area contributed by atoms with Crippen molar-refractivity contribution in [3.8, 4) is 11.5 Å². The summed E-state index contributed by atoms with van der Waals surface area (Å²) in [6.45, 7) is 5.86. The van der Waals surface area contributed by atoms with Gasteiger partial charge in [-0.25, -0.2) is 4.79 Å². The average molecular weight is 366 g/mol. The van der Waals surface area contributed by atoms with Crippen molar-refractivity contribution in [2.45, 2.75) is 32.8 Å². The summed E-state index contributed by atoms with van der Waals surface area (Å²) >= 11 is 0. The fourth-order valence-corrected chi connectivity index (χ4v) is 2.79. The van der Waals surface area contributed by atoms with Gasteiger partial charge in [-0.15, -0.1) is 0 Å². The molecule has 2 aromatic rings. The third-order valence-corrected chi connectivity index (χ3v) is 4.39. The molecule has 2 aromatic carbocycles. The van der Waals surface area contributed by atoms with Gasteiger partial charge in [0.05, 0.1) is 12.7 Å². The Morgan fingerprint density at radius 2 is 1.78 bits per heavy atom. The Kier molecular flexibility index (Phi) is 5.31. The quantitative estimate of drug-likeness (QED) is 0.581. The van der Waals surface area contributed by atoms with Crippen LogP contribution in [-0.4, -0.2) is 25.0 Å². The highest BCUT2D eigenvalue weighted by atomic mass is 16.6. The molecule has 0 aliphatic carbocycles. The van der Waals surface area contributed by atoms with Crippen molar-refractivity contribution in [1.82, 2.24) is 0 Å². The number of esters is 1. The molecule has 0 bridgehead atoms. The van der Waals surface area contributed by atoms with Crippen LogP contribution in [0.3, 0.4) is 0 Å². The molecule has 0 spiro atoms. The molecule has 0 amide bonds. The summed E-state index contributed by atoms with van der Waals surface area (Å²) in [7, 11) is 1.30. The van der Waals surface area contributed by atoms with Gasteiger partial charge in [0.15, 0.2) is 11.9 Å². The maximum Gasteiger partial charge on any atom is 0.346 e. The second kappa shape index (κ2) is 7.66. The lowest BCUT2D eigenvalue weighted by molar-refractivity contribution is -0.147. The van der Waals surface area contributed by atoms with Gasteiger partial charge in [-0.05, 0) is 42.2 Å². The summed E-state index contributed by atoms with van der Waals surface area (Å²) in [5, 5.41) is 0. The number of hydrogen-bond acceptors (Lipinski definition) is 5. The van der Waals surface area contributed by atoms with E-state index in [0.717, 1.165) is 5.56 Å². The van der Waals surface area contributed by atoms with Crippen LogP contribution in [0.2, 0.25) is 0 Å². The van der Waals surface area contributed by atoms with Crippen LogP contribution in [0.5, 0.6) is 11.5 Å². The molecule has 1 aliphatic heterocycles. The number of methoxy groups -OCH3 is 1. The molecule has 0 N–H and O–H groups in total. The Balaban J connectivity index is 1.79. The maximum absolute atomic E-state index is 12.6. The second-order valence-corrected chi connectivity index (χ2v) is 6.70. The Hall–Kier alpha value is -3.08. The van der Waals surface area contributed by atoms with Crippen molar-refractivity contribution in [2.75, 3.05) is 7.11 Å². The molecule has 27 heavy (non-hydrogen) atoms. The molecule has 3 rings (SSSR count). The van der Waals surface area contributed by atoms with Gasteiger partial charge in [0, 0.05) is 6.07 Å².